The average molecular weight is 234 g/mol. The summed E-state index contributed by atoms with van der Waals surface area (Å²) in [5.41, 5.74) is 6.41. The number of carbonyl (C=O) groups excluding carboxylic acids is 1. The number of nitrogens with two attached hydrogens (primary N) is 1. The molecule has 1 aliphatic rings. The number of rotatable bonds is 4. The van der Waals surface area contributed by atoms with Crippen LogP contribution in [0.4, 0.5) is 0 Å². The molecule has 2 rings (SSSR count). The Hall–Kier alpha value is -1.33. The molecule has 1 aromatic heterocycles. The van der Waals surface area contributed by atoms with Gasteiger partial charge < -0.3 is 11.1 Å². The number of ketones is 1. The van der Waals surface area contributed by atoms with Gasteiger partial charge in [-0.1, -0.05) is 12.8 Å². The molecule has 1 heterocycles. The lowest BCUT2D eigenvalue weighted by atomic mass is 9.91. The van der Waals surface area contributed by atoms with Gasteiger partial charge in [0.05, 0.1) is 12.7 Å². The molecular formula is C12H18N4O. The van der Waals surface area contributed by atoms with Crippen LogP contribution in [0.1, 0.15) is 36.2 Å². The van der Waals surface area contributed by atoms with Gasteiger partial charge in [-0.05, 0) is 12.8 Å². The predicted octanol–water partition coefficient (Wildman–Crippen LogP) is 0.519. The molecule has 1 fully saturated rings. The first-order chi connectivity index (χ1) is 8.27. The predicted molar refractivity (Wildman–Crippen MR) is 64.6 cm³/mol. The molecule has 5 nitrogen and oxygen atoms in total. The van der Waals surface area contributed by atoms with Crippen LogP contribution in [0.15, 0.2) is 18.6 Å². The van der Waals surface area contributed by atoms with Gasteiger partial charge >= 0.3 is 0 Å². The smallest absolute Gasteiger partial charge is 0.196 e. The second kappa shape index (κ2) is 5.84. The minimum atomic E-state index is -0.0316. The van der Waals surface area contributed by atoms with E-state index in [1.54, 1.807) is 6.20 Å². The molecule has 0 unspecified atom stereocenters. The van der Waals surface area contributed by atoms with Crippen LogP contribution in [0, 0.1) is 0 Å². The van der Waals surface area contributed by atoms with Gasteiger partial charge in [0.25, 0.3) is 0 Å². The summed E-state index contributed by atoms with van der Waals surface area (Å²) >= 11 is 0. The van der Waals surface area contributed by atoms with Crippen molar-refractivity contribution in [2.75, 3.05) is 6.54 Å². The molecular weight excluding hydrogens is 216 g/mol. The number of Topliss-reactive ketones (excluding diaryl/α,β-unsaturated/α-hetero) is 1. The van der Waals surface area contributed by atoms with E-state index in [1.807, 2.05) is 0 Å². The first-order valence-electron chi connectivity index (χ1n) is 6.05. The Morgan fingerprint density at radius 1 is 1.41 bits per heavy atom. The molecule has 5 heteroatoms. The molecule has 0 bridgehead atoms. The summed E-state index contributed by atoms with van der Waals surface area (Å²) in [4.78, 5) is 19.6. The second-order valence-corrected chi connectivity index (χ2v) is 4.45. The fraction of sp³-hybridized carbons (Fsp3) is 0.583. The van der Waals surface area contributed by atoms with Crippen LogP contribution >= 0.6 is 0 Å². The van der Waals surface area contributed by atoms with E-state index in [0.717, 1.165) is 12.8 Å². The van der Waals surface area contributed by atoms with Gasteiger partial charge in [-0.15, -0.1) is 0 Å². The Morgan fingerprint density at radius 2 is 2.24 bits per heavy atom. The van der Waals surface area contributed by atoms with E-state index in [4.69, 9.17) is 5.73 Å². The molecule has 2 atom stereocenters. The van der Waals surface area contributed by atoms with Crippen molar-refractivity contribution in [3.8, 4) is 0 Å². The van der Waals surface area contributed by atoms with Crippen molar-refractivity contribution in [1.82, 2.24) is 15.3 Å². The normalized spacial score (nSPS) is 24.5. The first kappa shape index (κ1) is 12.1. The summed E-state index contributed by atoms with van der Waals surface area (Å²) in [6.07, 6.45) is 9.04. The molecule has 0 aromatic carbocycles. The summed E-state index contributed by atoms with van der Waals surface area (Å²) in [5, 5.41) is 3.23. The van der Waals surface area contributed by atoms with Crippen LogP contribution in [-0.2, 0) is 0 Å². The number of nitrogens with zero attached hydrogens (tertiary/aromatic N) is 2. The van der Waals surface area contributed by atoms with E-state index >= 15 is 0 Å². The zero-order chi connectivity index (χ0) is 12.1. The van der Waals surface area contributed by atoms with E-state index in [1.165, 1.54) is 25.2 Å². The Labute approximate surface area is 101 Å². The van der Waals surface area contributed by atoms with Gasteiger partial charge in [0.2, 0.25) is 0 Å². The minimum Gasteiger partial charge on any atom is -0.326 e. The Balaban J connectivity index is 1.84. The number of carbonyl (C=O) groups is 1. The van der Waals surface area contributed by atoms with Crippen molar-refractivity contribution in [2.24, 2.45) is 5.73 Å². The SMILES string of the molecule is N[C@@H]1CCCC[C@@H]1NCC(=O)c1cnccn1. The molecule has 92 valence electrons. The maximum atomic E-state index is 11.8. The molecule has 3 N–H and O–H groups in total. The van der Waals surface area contributed by atoms with Crippen LogP contribution in [0.25, 0.3) is 0 Å². The average Bonchev–Trinajstić information content (AvgIpc) is 2.38. The molecule has 0 spiro atoms. The van der Waals surface area contributed by atoms with Gasteiger partial charge in [0.1, 0.15) is 5.69 Å². The summed E-state index contributed by atoms with van der Waals surface area (Å²) in [6, 6.07) is 0.419. The largest absolute Gasteiger partial charge is 0.326 e. The Kier molecular flexibility index (Phi) is 4.17. The van der Waals surface area contributed by atoms with Crippen molar-refractivity contribution in [3.05, 3.63) is 24.3 Å². The maximum Gasteiger partial charge on any atom is 0.196 e. The molecule has 1 aromatic rings. The number of aromatic nitrogens is 2. The van der Waals surface area contributed by atoms with Crippen LogP contribution in [0.3, 0.4) is 0 Å². The lowest BCUT2D eigenvalue weighted by Gasteiger charge is -2.29. The highest BCUT2D eigenvalue weighted by Crippen LogP contribution is 2.16. The van der Waals surface area contributed by atoms with Crippen LogP contribution in [0.5, 0.6) is 0 Å². The quantitative estimate of drug-likeness (QED) is 0.742. The fourth-order valence-electron chi connectivity index (χ4n) is 2.17. The zero-order valence-corrected chi connectivity index (χ0v) is 9.80. The lowest BCUT2D eigenvalue weighted by molar-refractivity contribution is 0.0978. The van der Waals surface area contributed by atoms with Crippen LogP contribution < -0.4 is 11.1 Å². The number of hydrogen-bond acceptors (Lipinski definition) is 5. The summed E-state index contributed by atoms with van der Waals surface area (Å²) in [6.45, 7) is 0.289. The third-order valence-electron chi connectivity index (χ3n) is 3.19. The van der Waals surface area contributed by atoms with Crippen molar-refractivity contribution in [3.63, 3.8) is 0 Å². The van der Waals surface area contributed by atoms with E-state index in [-0.39, 0.29) is 24.4 Å². The van der Waals surface area contributed by atoms with E-state index in [2.05, 4.69) is 15.3 Å². The first-order valence-corrected chi connectivity index (χ1v) is 6.05. The molecule has 1 saturated carbocycles. The zero-order valence-electron chi connectivity index (χ0n) is 9.80. The molecule has 0 aliphatic heterocycles. The highest BCUT2D eigenvalue weighted by atomic mass is 16.1. The molecule has 17 heavy (non-hydrogen) atoms. The summed E-state index contributed by atoms with van der Waals surface area (Å²) < 4.78 is 0. The van der Waals surface area contributed by atoms with E-state index in [0.29, 0.717) is 5.69 Å². The van der Waals surface area contributed by atoms with E-state index < -0.39 is 0 Å². The lowest BCUT2D eigenvalue weighted by Crippen LogP contribution is -2.48. The van der Waals surface area contributed by atoms with Crippen LogP contribution in [-0.4, -0.2) is 34.4 Å². The fourth-order valence-corrected chi connectivity index (χ4v) is 2.17. The molecule has 1 aliphatic carbocycles. The maximum absolute atomic E-state index is 11.8. The minimum absolute atomic E-state index is 0.0316. The third kappa shape index (κ3) is 3.31. The topological polar surface area (TPSA) is 80.9 Å². The monoisotopic (exact) mass is 234 g/mol. The van der Waals surface area contributed by atoms with Gasteiger partial charge in [-0.2, -0.15) is 0 Å². The van der Waals surface area contributed by atoms with Gasteiger partial charge in [-0.25, -0.2) is 4.98 Å². The summed E-state index contributed by atoms with van der Waals surface area (Å²) in [5.74, 6) is -0.0316. The van der Waals surface area contributed by atoms with Gasteiger partial charge in [-0.3, -0.25) is 9.78 Å². The van der Waals surface area contributed by atoms with Gasteiger partial charge in [0.15, 0.2) is 5.78 Å². The van der Waals surface area contributed by atoms with E-state index in [9.17, 15) is 4.79 Å². The number of nitrogens with one attached hydrogen (secondary N) is 1. The second-order valence-electron chi connectivity index (χ2n) is 4.45. The standard InChI is InChI=1S/C12H18N4O/c13-9-3-1-2-4-10(9)16-8-12(17)11-7-14-5-6-15-11/h5-7,9-10,16H,1-4,8,13H2/t9-,10+/m1/s1. The molecule has 0 radical (unpaired) electrons. The summed E-state index contributed by atoms with van der Waals surface area (Å²) in [7, 11) is 0. The van der Waals surface area contributed by atoms with Crippen molar-refractivity contribution >= 4 is 5.78 Å². The highest BCUT2D eigenvalue weighted by Gasteiger charge is 2.22. The molecule has 0 saturated heterocycles. The molecule has 0 amide bonds. The Bertz CT molecular complexity index is 368. The highest BCUT2D eigenvalue weighted by molar-refractivity contribution is 5.95. The van der Waals surface area contributed by atoms with Crippen LogP contribution in [0.2, 0.25) is 0 Å². The van der Waals surface area contributed by atoms with Crippen molar-refractivity contribution in [1.29, 1.82) is 0 Å². The number of hydrogen-bond donors (Lipinski definition) is 2. The third-order valence-corrected chi connectivity index (χ3v) is 3.19. The van der Waals surface area contributed by atoms with Crippen molar-refractivity contribution < 1.29 is 4.79 Å². The van der Waals surface area contributed by atoms with Crippen molar-refractivity contribution in [2.45, 2.75) is 37.8 Å². The van der Waals surface area contributed by atoms with Gasteiger partial charge in [0, 0.05) is 24.5 Å². The Morgan fingerprint density at radius 3 is 2.94 bits per heavy atom.